The number of benzene rings is 3. The minimum Gasteiger partial charge on any atom is -0.508 e. The first-order valence-corrected chi connectivity index (χ1v) is 52.2. The molecule has 3 aliphatic rings. The molecule has 0 saturated carbocycles. The Morgan fingerprint density at radius 3 is 1.60 bits per heavy atom. The highest BCUT2D eigenvalue weighted by Gasteiger charge is 2.46. The van der Waals surface area contributed by atoms with Gasteiger partial charge in [0.15, 0.2) is 0 Å². The fourth-order valence-electron chi connectivity index (χ4n) is 16.4. The molecule has 0 unspecified atom stereocenters. The zero-order chi connectivity index (χ0) is 110. The van der Waals surface area contributed by atoms with Crippen LogP contribution in [-0.4, -0.2) is 336 Å². The number of aliphatic hydroxyl groups is 2. The molecule has 49 nitrogen and oxygen atoms in total. The molecular formula is C98H143N23O26S2. The molecule has 3 saturated heterocycles. The normalized spacial score (nSPS) is 20.8. The van der Waals surface area contributed by atoms with Crippen LogP contribution in [0.1, 0.15) is 162 Å². The lowest BCUT2D eigenvalue weighted by Gasteiger charge is -2.32. The van der Waals surface area contributed by atoms with Gasteiger partial charge in [0.05, 0.1) is 44.7 Å². The Balaban J connectivity index is 1.03. The van der Waals surface area contributed by atoms with Crippen molar-refractivity contribution in [1.29, 1.82) is 0 Å². The smallest absolute Gasteiger partial charge is 0.326 e. The summed E-state index contributed by atoms with van der Waals surface area (Å²) in [7, 11) is 1.94. The van der Waals surface area contributed by atoms with Gasteiger partial charge in [-0.1, -0.05) is 163 Å². The minimum atomic E-state index is -1.78. The van der Waals surface area contributed by atoms with Crippen LogP contribution in [0, 0.1) is 23.7 Å². The number of carboxylic acids is 2. The molecule has 7 rings (SSSR count). The second-order valence-electron chi connectivity index (χ2n) is 37.8. The summed E-state index contributed by atoms with van der Waals surface area (Å²) >= 11 is 0. The topological polar surface area (TPSA) is 751 Å². The number of carbonyl (C=O) groups is 21. The van der Waals surface area contributed by atoms with Crippen LogP contribution in [0.15, 0.2) is 97.5 Å². The molecule has 51 heteroatoms. The molecule has 0 bridgehead atoms. The van der Waals surface area contributed by atoms with Crippen molar-refractivity contribution < 1.29 is 126 Å². The van der Waals surface area contributed by atoms with Gasteiger partial charge in [-0.25, -0.2) is 9.78 Å². The zero-order valence-corrected chi connectivity index (χ0v) is 86.7. The maximum Gasteiger partial charge on any atom is 0.326 e. The number of nitrogens with two attached hydrogens (primary N) is 2. The number of carboxylic acid groups (broad SMARTS) is 2. The van der Waals surface area contributed by atoms with Gasteiger partial charge in [0.25, 0.3) is 0 Å². The van der Waals surface area contributed by atoms with Crippen LogP contribution in [-0.2, 0) is 126 Å². The van der Waals surface area contributed by atoms with E-state index in [0.717, 1.165) is 26.5 Å². The number of nitrogens with zero attached hydrogens (tertiary/aromatic N) is 3. The number of imidazole rings is 1. The molecule has 3 aliphatic heterocycles. The van der Waals surface area contributed by atoms with Crippen molar-refractivity contribution in [3.05, 3.63) is 120 Å². The molecule has 3 aromatic carbocycles. The van der Waals surface area contributed by atoms with Crippen LogP contribution in [0.5, 0.6) is 5.75 Å². The standard InChI is InChI=1S/C98H143N23O26S2/c1-11-53(7)79(94(142)104-46-75(127)116-81(56(10)123)97(145)121-38-22-29-72(121)92(140)119-80(54(8)12-2)95(143)113-69(47-122)89(137)110-65(39-57-23-15-13-16-24-57)85(133)108-64(98(146)147)34-35-76(128)129)115-74(126)45-103-93(141)77(51(3)4)117-87(135)67(40-58-25-17-14-18-26-58)109-86(134)66(41-59-30-32-61(124)33-31-59)111-90(138)70-49-149-148-48-62(100)83(131)102-44-73(125)106-55(9)82(130)107-63(27-19-20-36-99)84(132)112-68(42-60-43-101-50-105-60)88(136)118-78(52(5)6)96(144)120-37-21-28-71(120)91(139)114-70/h13-18,23-26,30-33,43,50-56,62-72,77-81,122-124H,11-12,19-22,27-29,34-42,44-49,99-100H2,1-10H3,(H,101,105)(H,102,131)(H,103,141)(H,104,142)(H,106,125)(H,107,130)(H,108,133)(H,109,134)(H,110,137)(H,111,138)(H,112,132)(H,113,143)(H,114,139)(H,115,126)(H,116,127)(H,117,135)(H,118,136)(H,119,140)(H,128,129)(H,146,147)/t53-,54-,55-,56+,62-,63-,64-,65-,66-,67-,68-,69-,70-,71-,72-,77-,78-,79-,80-,81-/m0/s1. The maximum absolute atomic E-state index is 15.3. The van der Waals surface area contributed by atoms with E-state index in [2.05, 4.69) is 100 Å². The molecule has 1 aromatic heterocycles. The lowest BCUT2D eigenvalue weighted by molar-refractivity contribution is -0.144. The number of phenolic OH excluding ortho intramolecular Hbond substituents is 1. The molecule has 0 spiro atoms. The van der Waals surface area contributed by atoms with E-state index in [4.69, 9.17) is 11.5 Å². The number of aromatic hydroxyl groups is 1. The average molecular weight is 2120 g/mol. The first-order chi connectivity index (χ1) is 70.8. The highest BCUT2D eigenvalue weighted by molar-refractivity contribution is 8.76. The second-order valence-corrected chi connectivity index (χ2v) is 40.4. The number of fused-ring (bicyclic) bond motifs is 1. The van der Waals surface area contributed by atoms with Gasteiger partial charge in [0.2, 0.25) is 112 Å². The van der Waals surface area contributed by atoms with Crippen molar-refractivity contribution in [3.63, 3.8) is 0 Å². The first-order valence-electron chi connectivity index (χ1n) is 49.7. The van der Waals surface area contributed by atoms with Crippen molar-refractivity contribution >= 4 is 146 Å². The number of phenols is 1. The summed E-state index contributed by atoms with van der Waals surface area (Å²) in [5.74, 6) is -23.5. The summed E-state index contributed by atoms with van der Waals surface area (Å²) in [6.45, 7) is 12.4. The van der Waals surface area contributed by atoms with Crippen molar-refractivity contribution in [3.8, 4) is 5.75 Å². The number of likely N-dealkylation sites (tertiary alicyclic amines) is 1. The highest BCUT2D eigenvalue weighted by atomic mass is 33.1. The molecule has 27 N–H and O–H groups in total. The average Bonchev–Trinajstić information content (AvgIpc) is 1.70. The van der Waals surface area contributed by atoms with E-state index in [1.807, 2.05) is 0 Å². The van der Waals surface area contributed by atoms with Gasteiger partial charge in [0.1, 0.15) is 102 Å². The van der Waals surface area contributed by atoms with E-state index in [9.17, 15) is 102 Å². The molecule has 818 valence electrons. The summed E-state index contributed by atoms with van der Waals surface area (Å²) < 4.78 is 0. The number of rotatable bonds is 47. The third-order valence-electron chi connectivity index (χ3n) is 25.5. The number of amides is 19. The number of carbonyl (C=O) groups excluding carboxylic acids is 19. The van der Waals surface area contributed by atoms with Crippen LogP contribution in [0.2, 0.25) is 0 Å². The number of hydrogen-bond acceptors (Lipinski definition) is 29. The third kappa shape index (κ3) is 38.9. The molecule has 149 heavy (non-hydrogen) atoms. The lowest BCUT2D eigenvalue weighted by Crippen LogP contribution is -2.62. The Hall–Kier alpha value is -13.9. The Kier molecular flexibility index (Phi) is 50.1. The number of aromatic amines is 1. The van der Waals surface area contributed by atoms with E-state index >= 15 is 24.0 Å². The number of H-pyrrole nitrogens is 1. The Morgan fingerprint density at radius 1 is 0.537 bits per heavy atom. The predicted octanol–water partition coefficient (Wildman–Crippen LogP) is -4.90. The van der Waals surface area contributed by atoms with E-state index in [1.165, 1.54) is 55.5 Å². The van der Waals surface area contributed by atoms with Crippen LogP contribution in [0.25, 0.3) is 0 Å². The van der Waals surface area contributed by atoms with Gasteiger partial charge in [-0.3, -0.25) is 95.9 Å². The molecule has 4 heterocycles. The monoisotopic (exact) mass is 2120 g/mol. The minimum absolute atomic E-state index is 0.00107. The van der Waals surface area contributed by atoms with Crippen molar-refractivity contribution in [2.45, 2.75) is 274 Å². The van der Waals surface area contributed by atoms with Crippen LogP contribution in [0.3, 0.4) is 0 Å². The van der Waals surface area contributed by atoms with E-state index < -0.39 is 296 Å². The van der Waals surface area contributed by atoms with Crippen LogP contribution in [0.4, 0.5) is 0 Å². The number of aromatic nitrogens is 2. The number of aliphatic carboxylic acids is 2. The predicted molar refractivity (Wildman–Crippen MR) is 543 cm³/mol. The quantitative estimate of drug-likeness (QED) is 0.0146. The molecule has 19 amide bonds. The largest absolute Gasteiger partial charge is 0.508 e. The molecule has 0 radical (unpaired) electrons. The van der Waals surface area contributed by atoms with E-state index in [-0.39, 0.29) is 108 Å². The van der Waals surface area contributed by atoms with E-state index in [1.54, 1.807) is 116 Å². The molecular weight excluding hydrogens is 1980 g/mol. The summed E-state index contributed by atoms with van der Waals surface area (Å²) in [4.78, 5) is 304. The summed E-state index contributed by atoms with van der Waals surface area (Å²) in [6, 6.07) is -3.01. The Labute approximate surface area is 870 Å². The maximum atomic E-state index is 15.3. The fourth-order valence-corrected chi connectivity index (χ4v) is 18.7. The molecule has 3 fully saturated rings. The second kappa shape index (κ2) is 61.1. The van der Waals surface area contributed by atoms with Gasteiger partial charge in [-0.05, 0) is 124 Å². The fraction of sp³-hybridized carbons (Fsp3) is 0.571. The lowest BCUT2D eigenvalue weighted by atomic mass is 9.97. The van der Waals surface area contributed by atoms with Gasteiger partial charge in [-0.15, -0.1) is 0 Å². The Bertz CT molecular complexity index is 5250. The number of aliphatic hydroxyl groups excluding tert-OH is 2. The first kappa shape index (κ1) is 122. The van der Waals surface area contributed by atoms with Gasteiger partial charge in [0, 0.05) is 68.6 Å². The van der Waals surface area contributed by atoms with Gasteiger partial charge >= 0.3 is 11.9 Å². The number of unbranched alkanes of at least 4 members (excludes halogenated alkanes) is 1. The highest BCUT2D eigenvalue weighted by Crippen LogP contribution is 2.27. The number of hydrogen-bond donors (Lipinski definition) is 25. The van der Waals surface area contributed by atoms with E-state index in [0.29, 0.717) is 35.2 Å². The molecule has 20 atom stereocenters. The summed E-state index contributed by atoms with van der Waals surface area (Å²) in [5.41, 5.74) is 13.8. The summed E-state index contributed by atoms with van der Waals surface area (Å²) in [5, 5.41) is 94.4. The van der Waals surface area contributed by atoms with Gasteiger partial charge < -0.3 is 142 Å². The van der Waals surface area contributed by atoms with Crippen molar-refractivity contribution in [2.24, 2.45) is 35.1 Å². The van der Waals surface area contributed by atoms with Gasteiger partial charge in [-0.2, -0.15) is 0 Å². The third-order valence-corrected chi connectivity index (χ3v) is 28.0. The van der Waals surface area contributed by atoms with Crippen LogP contribution >= 0.6 is 21.6 Å². The Morgan fingerprint density at radius 2 is 1.06 bits per heavy atom. The number of nitrogens with one attached hydrogen (secondary N) is 18. The molecule has 0 aliphatic carbocycles. The van der Waals surface area contributed by atoms with Crippen LogP contribution < -0.4 is 102 Å². The van der Waals surface area contributed by atoms with Crippen molar-refractivity contribution in [1.82, 2.24) is 110 Å². The van der Waals surface area contributed by atoms with Crippen molar-refractivity contribution in [2.75, 3.05) is 57.4 Å². The molecule has 4 aromatic rings. The summed E-state index contributed by atoms with van der Waals surface area (Å²) in [6.07, 6.45) is 0.906. The SMILES string of the molecule is CC[C@H](C)[C@H](NC(=O)CNC(=O)[C@@H](NC(=O)[C@H](Cc1ccccc1)NC(=O)[C@H](Cc1ccc(O)cc1)NC(=O)[C@@H]1CSSC[C@H](N)C(=O)NCC(=O)N[C@@H](C)C(=O)N[C@@H](CCCCN)C(=O)N[C@@H](Cc2cnc[nH]2)C(=O)N[C@@H](C(C)C)C(=O)N2CCC[C@H]2C(=O)N1)C(C)C)C(=O)NCC(=O)N[C@H](C(=O)N1CCC[C@H]1C(=O)N[C@H](C(=O)N[C@@H](CO)C(=O)N[C@@H](Cc1ccccc1)C(=O)N[C@@H](CCC(=O)O)C(=O)O)[C@@H](C)CC)[C@@H](C)O. The zero-order valence-electron chi connectivity index (χ0n) is 85.0.